The Balaban J connectivity index is 1.79. The zero-order valence-corrected chi connectivity index (χ0v) is 16.2. The molecular formula is C22H23NO2S. The summed E-state index contributed by atoms with van der Waals surface area (Å²) in [6.45, 7) is 6.15. The van der Waals surface area contributed by atoms with Crippen molar-refractivity contribution in [3.63, 3.8) is 0 Å². The number of amides is 1. The monoisotopic (exact) mass is 365 g/mol. The molecule has 0 saturated heterocycles. The summed E-state index contributed by atoms with van der Waals surface area (Å²) < 4.78 is 0. The second-order valence-electron chi connectivity index (χ2n) is 6.20. The first-order chi connectivity index (χ1) is 12.4. The van der Waals surface area contributed by atoms with Gasteiger partial charge in [0.15, 0.2) is 5.78 Å². The third-order valence-electron chi connectivity index (χ3n) is 3.56. The van der Waals surface area contributed by atoms with E-state index in [4.69, 9.17) is 0 Å². The Hall–Kier alpha value is -2.51. The van der Waals surface area contributed by atoms with Gasteiger partial charge in [-0.15, -0.1) is 11.8 Å². The average Bonchev–Trinajstić information content (AvgIpc) is 2.60. The molecule has 134 valence electrons. The molecule has 2 rings (SSSR count). The van der Waals surface area contributed by atoms with Crippen molar-refractivity contribution in [3.8, 4) is 11.8 Å². The van der Waals surface area contributed by atoms with Gasteiger partial charge in [0.1, 0.15) is 0 Å². The molecule has 1 amide bonds. The molecule has 0 unspecified atom stereocenters. The van der Waals surface area contributed by atoms with Crippen LogP contribution in [0.3, 0.4) is 0 Å². The summed E-state index contributed by atoms with van der Waals surface area (Å²) in [4.78, 5) is 24.4. The molecule has 2 aromatic rings. The Labute approximate surface area is 159 Å². The van der Waals surface area contributed by atoms with E-state index in [1.54, 1.807) is 23.9 Å². The Morgan fingerprint density at radius 2 is 1.69 bits per heavy atom. The Kier molecular flexibility index (Phi) is 7.50. The van der Waals surface area contributed by atoms with E-state index >= 15 is 0 Å². The second kappa shape index (κ2) is 9.84. The van der Waals surface area contributed by atoms with Crippen molar-refractivity contribution >= 4 is 23.5 Å². The van der Waals surface area contributed by atoms with Crippen LogP contribution in [-0.4, -0.2) is 23.5 Å². The Bertz CT molecular complexity index is 812. The molecule has 0 aromatic heterocycles. The van der Waals surface area contributed by atoms with Crippen LogP contribution in [-0.2, 0) is 11.2 Å². The molecule has 0 atom stereocenters. The molecule has 0 radical (unpaired) electrons. The van der Waals surface area contributed by atoms with E-state index in [0.717, 1.165) is 11.1 Å². The molecule has 1 N–H and O–H groups in total. The maximum atomic E-state index is 12.0. The highest BCUT2D eigenvalue weighted by Gasteiger charge is 2.03. The highest BCUT2D eigenvalue weighted by molar-refractivity contribution is 7.99. The standard InChI is InChI=1S/C22H23NO2S/c1-16(2)26-21-12-8-19(9-13-21)15-22(25)23-14-4-5-18-6-10-20(11-7-18)17(3)24/h6-13,16H,14-15H2,1-3H3,(H,23,25). The van der Waals surface area contributed by atoms with Crippen molar-refractivity contribution in [1.29, 1.82) is 0 Å². The van der Waals surface area contributed by atoms with Crippen molar-refractivity contribution in [1.82, 2.24) is 5.32 Å². The summed E-state index contributed by atoms with van der Waals surface area (Å²) in [6.07, 6.45) is 0.349. The predicted molar refractivity (Wildman–Crippen MR) is 107 cm³/mol. The number of carbonyl (C=O) groups is 2. The smallest absolute Gasteiger partial charge is 0.225 e. The first-order valence-corrected chi connectivity index (χ1v) is 9.44. The Morgan fingerprint density at radius 3 is 2.27 bits per heavy atom. The van der Waals surface area contributed by atoms with Crippen LogP contribution in [0.2, 0.25) is 0 Å². The average molecular weight is 365 g/mol. The Morgan fingerprint density at radius 1 is 1.04 bits per heavy atom. The van der Waals surface area contributed by atoms with Gasteiger partial charge in [-0.25, -0.2) is 0 Å². The van der Waals surface area contributed by atoms with E-state index in [1.807, 2.05) is 24.3 Å². The van der Waals surface area contributed by atoms with Crippen LogP contribution in [0.4, 0.5) is 0 Å². The van der Waals surface area contributed by atoms with Crippen LogP contribution in [0.1, 0.15) is 42.3 Å². The van der Waals surface area contributed by atoms with E-state index in [2.05, 4.69) is 43.1 Å². The van der Waals surface area contributed by atoms with Crippen molar-refractivity contribution in [2.45, 2.75) is 37.3 Å². The van der Waals surface area contributed by atoms with E-state index in [9.17, 15) is 9.59 Å². The fourth-order valence-corrected chi connectivity index (χ4v) is 3.12. The third-order valence-corrected chi connectivity index (χ3v) is 4.57. The van der Waals surface area contributed by atoms with Crippen molar-refractivity contribution in [3.05, 3.63) is 65.2 Å². The lowest BCUT2D eigenvalue weighted by Crippen LogP contribution is -2.25. The summed E-state index contributed by atoms with van der Waals surface area (Å²) in [5, 5.41) is 3.35. The van der Waals surface area contributed by atoms with Gasteiger partial charge in [0.25, 0.3) is 0 Å². The molecule has 26 heavy (non-hydrogen) atoms. The van der Waals surface area contributed by atoms with E-state index < -0.39 is 0 Å². The van der Waals surface area contributed by atoms with E-state index in [-0.39, 0.29) is 11.7 Å². The van der Waals surface area contributed by atoms with Crippen LogP contribution >= 0.6 is 11.8 Å². The van der Waals surface area contributed by atoms with Crippen LogP contribution < -0.4 is 5.32 Å². The number of Topliss-reactive ketones (excluding diaryl/α,β-unsaturated/α-hetero) is 1. The topological polar surface area (TPSA) is 46.2 Å². The normalized spacial score (nSPS) is 10.2. The maximum Gasteiger partial charge on any atom is 0.225 e. The van der Waals surface area contributed by atoms with Crippen molar-refractivity contribution < 1.29 is 9.59 Å². The minimum atomic E-state index is -0.0458. The van der Waals surface area contributed by atoms with Crippen molar-refractivity contribution in [2.75, 3.05) is 6.54 Å². The van der Waals surface area contributed by atoms with Gasteiger partial charge in [-0.1, -0.05) is 50.0 Å². The SMILES string of the molecule is CC(=O)c1ccc(C#CCNC(=O)Cc2ccc(SC(C)C)cc2)cc1. The molecule has 2 aromatic carbocycles. The largest absolute Gasteiger partial charge is 0.345 e. The zero-order chi connectivity index (χ0) is 18.9. The van der Waals surface area contributed by atoms with Crippen molar-refractivity contribution in [2.24, 2.45) is 0 Å². The van der Waals surface area contributed by atoms with E-state index in [0.29, 0.717) is 23.8 Å². The van der Waals surface area contributed by atoms with E-state index in [1.165, 1.54) is 11.8 Å². The van der Waals surface area contributed by atoms with Gasteiger partial charge in [0.2, 0.25) is 5.91 Å². The molecule has 0 bridgehead atoms. The number of thioether (sulfide) groups is 1. The number of benzene rings is 2. The molecule has 0 aliphatic rings. The molecule has 4 heteroatoms. The number of hydrogen-bond donors (Lipinski definition) is 1. The highest BCUT2D eigenvalue weighted by atomic mass is 32.2. The summed E-state index contributed by atoms with van der Waals surface area (Å²) >= 11 is 1.81. The summed E-state index contributed by atoms with van der Waals surface area (Å²) in [5.74, 6) is 5.89. The number of rotatable bonds is 6. The summed E-state index contributed by atoms with van der Waals surface area (Å²) in [6, 6.07) is 15.2. The highest BCUT2D eigenvalue weighted by Crippen LogP contribution is 2.22. The molecule has 0 aliphatic carbocycles. The van der Waals surface area contributed by atoms with Crippen LogP contribution in [0, 0.1) is 11.8 Å². The number of hydrogen-bond acceptors (Lipinski definition) is 3. The number of carbonyl (C=O) groups excluding carboxylic acids is 2. The predicted octanol–water partition coefficient (Wildman–Crippen LogP) is 4.10. The van der Waals surface area contributed by atoms with Gasteiger partial charge in [-0.05, 0) is 36.8 Å². The number of ketones is 1. The first kappa shape index (κ1) is 19.8. The maximum absolute atomic E-state index is 12.0. The van der Waals surface area contributed by atoms with Gasteiger partial charge in [-0.3, -0.25) is 9.59 Å². The molecule has 0 saturated carbocycles. The summed E-state index contributed by atoms with van der Waals surface area (Å²) in [7, 11) is 0. The summed E-state index contributed by atoms with van der Waals surface area (Å²) in [5.41, 5.74) is 2.48. The van der Waals surface area contributed by atoms with Crippen LogP contribution in [0.5, 0.6) is 0 Å². The van der Waals surface area contributed by atoms with Gasteiger partial charge in [0.05, 0.1) is 13.0 Å². The van der Waals surface area contributed by atoms with Crippen LogP contribution in [0.25, 0.3) is 0 Å². The second-order valence-corrected chi connectivity index (χ2v) is 7.85. The minimum Gasteiger partial charge on any atom is -0.345 e. The lowest BCUT2D eigenvalue weighted by Gasteiger charge is -2.06. The lowest BCUT2D eigenvalue weighted by molar-refractivity contribution is -0.120. The first-order valence-electron chi connectivity index (χ1n) is 8.56. The molecule has 0 aliphatic heterocycles. The third kappa shape index (κ3) is 6.78. The molecule has 0 spiro atoms. The molecule has 3 nitrogen and oxygen atoms in total. The molecular weight excluding hydrogens is 342 g/mol. The fraction of sp³-hybridized carbons (Fsp3) is 0.273. The van der Waals surface area contributed by atoms with Crippen LogP contribution in [0.15, 0.2) is 53.4 Å². The lowest BCUT2D eigenvalue weighted by atomic mass is 10.1. The van der Waals surface area contributed by atoms with Gasteiger partial charge in [0, 0.05) is 21.3 Å². The zero-order valence-electron chi connectivity index (χ0n) is 15.3. The quantitative estimate of drug-likeness (QED) is 0.476. The van der Waals surface area contributed by atoms with Gasteiger partial charge < -0.3 is 5.32 Å². The molecule has 0 fully saturated rings. The molecule has 0 heterocycles. The number of nitrogens with one attached hydrogen (secondary N) is 1. The minimum absolute atomic E-state index is 0.0348. The fourth-order valence-electron chi connectivity index (χ4n) is 2.28. The van der Waals surface area contributed by atoms with Gasteiger partial charge in [-0.2, -0.15) is 0 Å². The van der Waals surface area contributed by atoms with Gasteiger partial charge >= 0.3 is 0 Å².